The summed E-state index contributed by atoms with van der Waals surface area (Å²) in [5.41, 5.74) is 4.18. The van der Waals surface area contributed by atoms with Gasteiger partial charge in [-0.05, 0) is 56.5 Å². The molecule has 0 bridgehead atoms. The number of hydrogen-bond acceptors (Lipinski definition) is 3. The first-order valence-corrected chi connectivity index (χ1v) is 8.50. The molecule has 4 heteroatoms. The fraction of sp³-hybridized carbons (Fsp3) is 0.278. The zero-order valence-electron chi connectivity index (χ0n) is 13.5. The quantitative estimate of drug-likeness (QED) is 0.622. The van der Waals surface area contributed by atoms with Crippen LogP contribution in [0.4, 0.5) is 0 Å². The lowest BCUT2D eigenvalue weighted by Gasteiger charge is -2.00. The van der Waals surface area contributed by atoms with Gasteiger partial charge < -0.3 is 4.74 Å². The highest BCUT2D eigenvalue weighted by Crippen LogP contribution is 2.22. The Morgan fingerprint density at radius 1 is 1.00 bits per heavy atom. The molecule has 0 aliphatic rings. The smallest absolute Gasteiger partial charge is 0.453 e. The van der Waals surface area contributed by atoms with Crippen LogP contribution in [0.15, 0.2) is 42.5 Å². The van der Waals surface area contributed by atoms with Gasteiger partial charge in [0.1, 0.15) is 0 Å². The summed E-state index contributed by atoms with van der Waals surface area (Å²) < 4.78 is 16.4. The highest BCUT2D eigenvalue weighted by Gasteiger charge is 2.23. The highest BCUT2D eigenvalue weighted by molar-refractivity contribution is 7.68. The monoisotopic (exact) mass is 317 g/mol. The van der Waals surface area contributed by atoms with E-state index in [0.29, 0.717) is 23.7 Å². The number of para-hydroxylation sites is 1. The van der Waals surface area contributed by atoms with E-state index in [1.54, 1.807) is 24.3 Å². The van der Waals surface area contributed by atoms with Gasteiger partial charge in [-0.1, -0.05) is 34.9 Å². The number of rotatable bonds is 4. The molecule has 22 heavy (non-hydrogen) atoms. The minimum absolute atomic E-state index is 0.438. The van der Waals surface area contributed by atoms with E-state index < -0.39 is 7.80 Å². The second kappa shape index (κ2) is 9.11. The Bertz CT molecular complexity index is 630. The lowest BCUT2D eigenvalue weighted by molar-refractivity contribution is 0.343. The van der Waals surface area contributed by atoms with Crippen LogP contribution >= 0.6 is 7.80 Å². The van der Waals surface area contributed by atoms with Crippen molar-refractivity contribution in [2.45, 2.75) is 27.7 Å². The molecule has 0 aromatic heterocycles. The van der Waals surface area contributed by atoms with Crippen molar-refractivity contribution in [1.82, 2.24) is 0 Å². The average molecular weight is 317 g/mol. The Balaban J connectivity index is 0.000000235. The molecular formula is C18H22O3P+. The summed E-state index contributed by atoms with van der Waals surface area (Å²) in [6.07, 6.45) is 0. The maximum absolute atomic E-state index is 11.2. The van der Waals surface area contributed by atoms with Gasteiger partial charge in [0.2, 0.25) is 5.30 Å². The fourth-order valence-corrected chi connectivity index (χ4v) is 2.57. The number of ether oxygens (including phenoxy) is 1. The molecule has 2 rings (SSSR count). The summed E-state index contributed by atoms with van der Waals surface area (Å²) in [5.74, 6) is 0.526. The molecule has 0 amide bonds. The summed E-state index contributed by atoms with van der Waals surface area (Å²) in [6.45, 7) is 8.78. The topological polar surface area (TPSA) is 43.4 Å². The van der Waals surface area contributed by atoms with Crippen LogP contribution in [0.2, 0.25) is 0 Å². The zero-order valence-corrected chi connectivity index (χ0v) is 14.4. The summed E-state index contributed by atoms with van der Waals surface area (Å²) in [5, 5.41) is 0.467. The minimum Gasteiger partial charge on any atom is -0.489 e. The third-order valence-electron chi connectivity index (χ3n) is 3.37. The van der Waals surface area contributed by atoms with E-state index >= 15 is 0 Å². The summed E-state index contributed by atoms with van der Waals surface area (Å²) in [6, 6.07) is 13.7. The van der Waals surface area contributed by atoms with Crippen LogP contribution in [0.1, 0.15) is 23.6 Å². The molecule has 116 valence electrons. The Kier molecular flexibility index (Phi) is 7.48. The zero-order chi connectivity index (χ0) is 16.5. The second-order valence-corrected chi connectivity index (χ2v) is 6.19. The maximum Gasteiger partial charge on any atom is 0.453 e. The molecule has 0 heterocycles. The summed E-state index contributed by atoms with van der Waals surface area (Å²) in [4.78, 5) is 10.3. The van der Waals surface area contributed by atoms with Crippen LogP contribution in [0.25, 0.3) is 0 Å². The molecular weight excluding hydrogens is 295 g/mol. The lowest BCUT2D eigenvalue weighted by Crippen LogP contribution is -2.04. The van der Waals surface area contributed by atoms with E-state index in [0.717, 1.165) is 0 Å². The Labute approximate surface area is 133 Å². The van der Waals surface area contributed by atoms with Crippen molar-refractivity contribution < 1.29 is 14.1 Å². The first kappa shape index (κ1) is 18.1. The van der Waals surface area contributed by atoms with Crippen molar-refractivity contribution in [2.75, 3.05) is 6.61 Å². The molecule has 2 aromatic rings. The third-order valence-corrected chi connectivity index (χ3v) is 4.41. The number of aryl methyl sites for hydroxylation is 2. The Morgan fingerprint density at radius 3 is 2.09 bits per heavy atom. The van der Waals surface area contributed by atoms with Crippen LogP contribution < -0.4 is 10.0 Å². The third kappa shape index (κ3) is 5.09. The van der Waals surface area contributed by atoms with E-state index in [1.165, 1.54) is 16.7 Å². The normalized spacial score (nSPS) is 10.3. The molecule has 0 aliphatic heterocycles. The van der Waals surface area contributed by atoms with Crippen molar-refractivity contribution in [3.8, 4) is 5.75 Å². The van der Waals surface area contributed by atoms with Gasteiger partial charge in [-0.25, -0.2) is 4.79 Å². The molecule has 0 saturated heterocycles. The predicted octanol–water partition coefficient (Wildman–Crippen LogP) is 4.34. The molecule has 3 nitrogen and oxygen atoms in total. The molecule has 0 fully saturated rings. The van der Waals surface area contributed by atoms with Crippen molar-refractivity contribution in [3.05, 3.63) is 59.2 Å². The fourth-order valence-electron chi connectivity index (χ4n) is 1.87. The van der Waals surface area contributed by atoms with Gasteiger partial charge in [0.15, 0.2) is 5.75 Å². The highest BCUT2D eigenvalue weighted by atomic mass is 31.1. The minimum atomic E-state index is -1.96. The van der Waals surface area contributed by atoms with Gasteiger partial charge in [-0.2, -0.15) is 0 Å². The standard InChI is InChI=1S/C9H10O3P.C9H12/c1-2-12-8-5-3-4-6-9(8)13(11)7-10;1-7-5-4-6-8(2)9(7)3/h3-7H,2H2,1H3;4-6H,1-3H3/q+1;. The number of carbonyl (C=O) groups excluding carboxylic acids is 1. The Hall–Kier alpha value is -1.99. The van der Waals surface area contributed by atoms with E-state index in [4.69, 9.17) is 4.74 Å². The number of benzene rings is 2. The van der Waals surface area contributed by atoms with Crippen molar-refractivity contribution in [1.29, 1.82) is 0 Å². The lowest BCUT2D eigenvalue weighted by atomic mass is 10.1. The predicted molar refractivity (Wildman–Crippen MR) is 92.3 cm³/mol. The van der Waals surface area contributed by atoms with Crippen LogP contribution in [-0.2, 0) is 9.36 Å². The van der Waals surface area contributed by atoms with Crippen molar-refractivity contribution in [3.63, 3.8) is 0 Å². The number of hydrogen-bond donors (Lipinski definition) is 0. The summed E-state index contributed by atoms with van der Waals surface area (Å²) in [7, 11) is -1.96. The van der Waals surface area contributed by atoms with Crippen LogP contribution in [0, 0.1) is 20.8 Å². The Morgan fingerprint density at radius 2 is 1.59 bits per heavy atom. The van der Waals surface area contributed by atoms with Crippen LogP contribution in [-0.4, -0.2) is 12.6 Å². The van der Waals surface area contributed by atoms with Gasteiger partial charge in [0.05, 0.1) is 6.61 Å². The van der Waals surface area contributed by atoms with Crippen LogP contribution in [0.5, 0.6) is 5.75 Å². The molecule has 1 unspecified atom stereocenters. The van der Waals surface area contributed by atoms with E-state index in [2.05, 4.69) is 39.0 Å². The first-order chi connectivity index (χ1) is 10.5. The van der Waals surface area contributed by atoms with Gasteiger partial charge in [-0.15, -0.1) is 0 Å². The van der Waals surface area contributed by atoms with E-state index in [-0.39, 0.29) is 0 Å². The molecule has 0 N–H and O–H groups in total. The van der Waals surface area contributed by atoms with Crippen molar-refractivity contribution >= 4 is 19.1 Å². The van der Waals surface area contributed by atoms with Crippen molar-refractivity contribution in [2.24, 2.45) is 0 Å². The van der Waals surface area contributed by atoms with Gasteiger partial charge >= 0.3 is 13.8 Å². The van der Waals surface area contributed by atoms with Gasteiger partial charge in [0.25, 0.3) is 0 Å². The first-order valence-electron chi connectivity index (χ1n) is 7.17. The van der Waals surface area contributed by atoms with Gasteiger partial charge in [0, 0.05) is 0 Å². The molecule has 2 aromatic carbocycles. The maximum atomic E-state index is 11.2. The van der Waals surface area contributed by atoms with Crippen LogP contribution in [0.3, 0.4) is 0 Å². The molecule has 0 aliphatic carbocycles. The largest absolute Gasteiger partial charge is 0.489 e. The molecule has 0 radical (unpaired) electrons. The average Bonchev–Trinajstić information content (AvgIpc) is 2.53. The van der Waals surface area contributed by atoms with E-state index in [1.807, 2.05) is 6.92 Å². The number of carbonyl (C=O) groups is 1. The van der Waals surface area contributed by atoms with Gasteiger partial charge in [-0.3, -0.25) is 0 Å². The van der Waals surface area contributed by atoms with E-state index in [9.17, 15) is 9.36 Å². The molecule has 0 spiro atoms. The summed E-state index contributed by atoms with van der Waals surface area (Å²) >= 11 is 0. The SMILES string of the molecule is CCOc1ccccc1[P+](=O)C=O.Cc1cccc(C)c1C. The second-order valence-electron chi connectivity index (χ2n) is 4.85. The molecule has 0 saturated carbocycles. The molecule has 1 atom stereocenters.